The normalized spacial score (nSPS) is 16.6. The highest BCUT2D eigenvalue weighted by atomic mass is 32.2. The number of hydrogen-bond acceptors (Lipinski definition) is 6. The number of amides is 1. The van der Waals surface area contributed by atoms with Gasteiger partial charge in [-0.15, -0.1) is 0 Å². The standard InChI is InChI=1S/C9H14N4OS2/c1-15-9-11-6(7(10)16-9)8(14)12-13-4-2-3-5-13/h2-5,10H2,1H3,(H,12,14). The van der Waals surface area contributed by atoms with Gasteiger partial charge in [-0.2, -0.15) is 0 Å². The Bertz CT molecular complexity index is 387. The number of nitrogen functional groups attached to an aromatic ring is 1. The van der Waals surface area contributed by atoms with Gasteiger partial charge < -0.3 is 5.73 Å². The number of nitrogens with one attached hydrogen (secondary N) is 1. The molecule has 7 heteroatoms. The summed E-state index contributed by atoms with van der Waals surface area (Å²) >= 11 is 2.85. The van der Waals surface area contributed by atoms with E-state index in [0.29, 0.717) is 10.7 Å². The number of rotatable bonds is 3. The van der Waals surface area contributed by atoms with E-state index in [-0.39, 0.29) is 5.91 Å². The lowest BCUT2D eigenvalue weighted by molar-refractivity contribution is 0.0821. The fourth-order valence-corrected chi connectivity index (χ4v) is 2.93. The van der Waals surface area contributed by atoms with E-state index in [4.69, 9.17) is 5.73 Å². The maximum atomic E-state index is 11.9. The van der Waals surface area contributed by atoms with Crippen LogP contribution in [0.3, 0.4) is 0 Å². The molecular weight excluding hydrogens is 244 g/mol. The van der Waals surface area contributed by atoms with Gasteiger partial charge in [0.05, 0.1) is 0 Å². The van der Waals surface area contributed by atoms with Crippen LogP contribution in [-0.4, -0.2) is 35.2 Å². The van der Waals surface area contributed by atoms with Gasteiger partial charge in [-0.1, -0.05) is 23.1 Å². The van der Waals surface area contributed by atoms with Crippen molar-refractivity contribution < 1.29 is 4.79 Å². The van der Waals surface area contributed by atoms with Crippen LogP contribution in [0.15, 0.2) is 4.34 Å². The van der Waals surface area contributed by atoms with Crippen molar-refractivity contribution in [3.8, 4) is 0 Å². The molecule has 1 aliphatic rings. The van der Waals surface area contributed by atoms with Gasteiger partial charge in [0.25, 0.3) is 5.91 Å². The Morgan fingerprint density at radius 2 is 2.25 bits per heavy atom. The molecular formula is C9H14N4OS2. The Balaban J connectivity index is 2.04. The first kappa shape index (κ1) is 11.7. The zero-order valence-corrected chi connectivity index (χ0v) is 10.7. The molecule has 0 radical (unpaired) electrons. The first-order chi connectivity index (χ1) is 7.70. The SMILES string of the molecule is CSc1nc(C(=O)NN2CCCC2)c(N)s1. The van der Waals surface area contributed by atoms with E-state index in [1.807, 2.05) is 11.3 Å². The minimum atomic E-state index is -0.198. The molecule has 88 valence electrons. The largest absolute Gasteiger partial charge is 0.389 e. The molecule has 0 atom stereocenters. The van der Waals surface area contributed by atoms with Gasteiger partial charge in [0, 0.05) is 13.1 Å². The van der Waals surface area contributed by atoms with Crippen LogP contribution < -0.4 is 11.2 Å². The van der Waals surface area contributed by atoms with E-state index < -0.39 is 0 Å². The topological polar surface area (TPSA) is 71.2 Å². The Kier molecular flexibility index (Phi) is 3.67. The van der Waals surface area contributed by atoms with E-state index >= 15 is 0 Å². The monoisotopic (exact) mass is 258 g/mol. The highest BCUT2D eigenvalue weighted by molar-refractivity contribution is 8.00. The van der Waals surface area contributed by atoms with Gasteiger partial charge in [0.15, 0.2) is 10.0 Å². The second-order valence-electron chi connectivity index (χ2n) is 3.53. The third kappa shape index (κ3) is 2.47. The Labute approximate surface area is 102 Å². The predicted octanol–water partition coefficient (Wildman–Crippen LogP) is 1.19. The summed E-state index contributed by atoms with van der Waals surface area (Å²) in [4.78, 5) is 16.0. The molecule has 2 heterocycles. The lowest BCUT2D eigenvalue weighted by atomic mass is 10.4. The van der Waals surface area contributed by atoms with Crippen LogP contribution in [0.5, 0.6) is 0 Å². The summed E-state index contributed by atoms with van der Waals surface area (Å²) in [6.07, 6.45) is 4.17. The molecule has 0 saturated carbocycles. The van der Waals surface area contributed by atoms with Gasteiger partial charge in [-0.05, 0) is 19.1 Å². The molecule has 1 fully saturated rings. The maximum Gasteiger partial charge on any atom is 0.287 e. The van der Waals surface area contributed by atoms with E-state index in [0.717, 1.165) is 30.3 Å². The van der Waals surface area contributed by atoms with Crippen molar-refractivity contribution in [3.63, 3.8) is 0 Å². The number of anilines is 1. The number of thioether (sulfide) groups is 1. The van der Waals surface area contributed by atoms with Gasteiger partial charge >= 0.3 is 0 Å². The summed E-state index contributed by atoms with van der Waals surface area (Å²) in [6, 6.07) is 0. The van der Waals surface area contributed by atoms with Crippen molar-refractivity contribution in [2.45, 2.75) is 17.2 Å². The lowest BCUT2D eigenvalue weighted by Gasteiger charge is -2.15. The molecule has 1 saturated heterocycles. The quantitative estimate of drug-likeness (QED) is 0.797. The summed E-state index contributed by atoms with van der Waals surface area (Å²) in [5.74, 6) is -0.198. The maximum absolute atomic E-state index is 11.9. The molecule has 2 rings (SSSR count). The van der Waals surface area contributed by atoms with Crippen molar-refractivity contribution in [2.75, 3.05) is 25.1 Å². The Hall–Kier alpha value is -0.790. The zero-order chi connectivity index (χ0) is 11.5. The average molecular weight is 258 g/mol. The molecule has 1 aliphatic heterocycles. The van der Waals surface area contributed by atoms with E-state index in [9.17, 15) is 4.79 Å². The van der Waals surface area contributed by atoms with Crippen molar-refractivity contribution >= 4 is 34.0 Å². The van der Waals surface area contributed by atoms with Crippen molar-refractivity contribution in [1.29, 1.82) is 0 Å². The molecule has 3 N–H and O–H groups in total. The number of carbonyl (C=O) groups excluding carboxylic acids is 1. The van der Waals surface area contributed by atoms with Gasteiger partial charge in [0.1, 0.15) is 5.00 Å². The van der Waals surface area contributed by atoms with Crippen LogP contribution in [0, 0.1) is 0 Å². The molecule has 0 unspecified atom stereocenters. The fourth-order valence-electron chi connectivity index (χ4n) is 1.59. The second-order valence-corrected chi connectivity index (χ2v) is 5.62. The molecule has 0 spiro atoms. The number of aromatic nitrogens is 1. The first-order valence-electron chi connectivity index (χ1n) is 5.07. The first-order valence-corrected chi connectivity index (χ1v) is 7.11. The van der Waals surface area contributed by atoms with Crippen molar-refractivity contribution in [1.82, 2.24) is 15.4 Å². The average Bonchev–Trinajstić information content (AvgIpc) is 2.87. The summed E-state index contributed by atoms with van der Waals surface area (Å²) < 4.78 is 0.823. The van der Waals surface area contributed by atoms with Gasteiger partial charge in [0.2, 0.25) is 0 Å². The molecule has 0 aromatic carbocycles. The number of hydrogen-bond donors (Lipinski definition) is 2. The molecule has 1 aromatic heterocycles. The number of hydrazine groups is 1. The summed E-state index contributed by atoms with van der Waals surface area (Å²) in [7, 11) is 0. The second kappa shape index (κ2) is 5.03. The smallest absolute Gasteiger partial charge is 0.287 e. The highest BCUT2D eigenvalue weighted by Gasteiger charge is 2.20. The van der Waals surface area contributed by atoms with Gasteiger partial charge in [-0.3, -0.25) is 10.2 Å². The highest BCUT2D eigenvalue weighted by Crippen LogP contribution is 2.27. The lowest BCUT2D eigenvalue weighted by Crippen LogP contribution is -2.40. The van der Waals surface area contributed by atoms with Crippen LogP contribution in [0.2, 0.25) is 0 Å². The molecule has 0 aliphatic carbocycles. The summed E-state index contributed by atoms with van der Waals surface area (Å²) in [6.45, 7) is 1.82. The van der Waals surface area contributed by atoms with Crippen LogP contribution >= 0.6 is 23.1 Å². The van der Waals surface area contributed by atoms with Crippen LogP contribution in [0.25, 0.3) is 0 Å². The minimum Gasteiger partial charge on any atom is -0.389 e. The predicted molar refractivity (Wildman–Crippen MR) is 66.6 cm³/mol. The fraction of sp³-hybridized carbons (Fsp3) is 0.556. The van der Waals surface area contributed by atoms with E-state index in [2.05, 4.69) is 10.4 Å². The third-order valence-corrected chi connectivity index (χ3v) is 4.26. The molecule has 16 heavy (non-hydrogen) atoms. The Morgan fingerprint density at radius 1 is 1.56 bits per heavy atom. The van der Waals surface area contributed by atoms with E-state index in [1.165, 1.54) is 23.1 Å². The summed E-state index contributed by atoms with van der Waals surface area (Å²) in [5.41, 5.74) is 8.93. The Morgan fingerprint density at radius 3 is 2.81 bits per heavy atom. The number of carbonyl (C=O) groups is 1. The number of nitrogens with two attached hydrogens (primary N) is 1. The molecule has 1 amide bonds. The van der Waals surface area contributed by atoms with Crippen LogP contribution in [0.4, 0.5) is 5.00 Å². The molecule has 5 nitrogen and oxygen atoms in total. The summed E-state index contributed by atoms with van der Waals surface area (Å²) in [5, 5.41) is 2.40. The van der Waals surface area contributed by atoms with Crippen molar-refractivity contribution in [2.24, 2.45) is 0 Å². The third-order valence-electron chi connectivity index (χ3n) is 2.39. The minimum absolute atomic E-state index is 0.198. The number of thiazole rings is 1. The zero-order valence-electron chi connectivity index (χ0n) is 9.02. The van der Waals surface area contributed by atoms with E-state index in [1.54, 1.807) is 0 Å². The van der Waals surface area contributed by atoms with Crippen LogP contribution in [-0.2, 0) is 0 Å². The van der Waals surface area contributed by atoms with Gasteiger partial charge in [-0.25, -0.2) is 9.99 Å². The van der Waals surface area contributed by atoms with Crippen LogP contribution in [0.1, 0.15) is 23.3 Å². The molecule has 0 bridgehead atoms. The molecule has 1 aromatic rings. The van der Waals surface area contributed by atoms with Crippen molar-refractivity contribution in [3.05, 3.63) is 5.69 Å². The number of nitrogens with zero attached hydrogens (tertiary/aromatic N) is 2.